The molecule has 2 aromatic carbocycles. The zero-order valence-electron chi connectivity index (χ0n) is 19.0. The first-order valence-electron chi connectivity index (χ1n) is 10.6. The van der Waals surface area contributed by atoms with E-state index in [4.69, 9.17) is 26.8 Å². The van der Waals surface area contributed by atoms with Crippen molar-refractivity contribution in [3.63, 3.8) is 0 Å². The van der Waals surface area contributed by atoms with Gasteiger partial charge in [0, 0.05) is 43.0 Å². The van der Waals surface area contributed by atoms with Crippen LogP contribution < -0.4 is 20.5 Å². The fourth-order valence-electron chi connectivity index (χ4n) is 3.33. The number of carbonyl (C=O) groups is 3. The van der Waals surface area contributed by atoms with Crippen LogP contribution in [0.25, 0.3) is 6.08 Å². The van der Waals surface area contributed by atoms with Crippen molar-refractivity contribution in [3.8, 4) is 11.5 Å². The van der Waals surface area contributed by atoms with Gasteiger partial charge in [0.25, 0.3) is 5.91 Å². The lowest BCUT2D eigenvalue weighted by molar-refractivity contribution is -0.127. The third-order valence-corrected chi connectivity index (χ3v) is 5.68. The van der Waals surface area contributed by atoms with Gasteiger partial charge in [-0.3, -0.25) is 9.59 Å². The van der Waals surface area contributed by atoms with Crippen molar-refractivity contribution in [2.45, 2.75) is 6.92 Å². The molecule has 1 aliphatic rings. The maximum atomic E-state index is 12.6. The molecule has 0 atom stereocenters. The fourth-order valence-corrected chi connectivity index (χ4v) is 3.51. The molecule has 1 heterocycles. The van der Waals surface area contributed by atoms with Crippen molar-refractivity contribution >= 4 is 41.2 Å². The van der Waals surface area contributed by atoms with Crippen molar-refractivity contribution in [2.24, 2.45) is 5.73 Å². The lowest BCUT2D eigenvalue weighted by Crippen LogP contribution is -2.51. The Kier molecular flexibility index (Phi) is 8.37. The van der Waals surface area contributed by atoms with Crippen molar-refractivity contribution in [3.05, 3.63) is 58.6 Å². The minimum Gasteiger partial charge on any atom is -0.493 e. The lowest BCUT2D eigenvalue weighted by Gasteiger charge is -2.34. The molecule has 0 bridgehead atoms. The van der Waals surface area contributed by atoms with E-state index in [0.29, 0.717) is 48.4 Å². The van der Waals surface area contributed by atoms with Gasteiger partial charge in [0.2, 0.25) is 5.91 Å². The molecule has 1 aliphatic heterocycles. The monoisotopic (exact) mass is 486 g/mol. The molecule has 4 amide bonds. The second kappa shape index (κ2) is 11.4. The molecule has 3 N–H and O–H groups in total. The fraction of sp³-hybridized carbons (Fsp3) is 0.292. The normalized spacial score (nSPS) is 13.6. The quantitative estimate of drug-likeness (QED) is 0.584. The Morgan fingerprint density at radius 3 is 2.41 bits per heavy atom. The molecule has 0 aromatic heterocycles. The lowest BCUT2D eigenvalue weighted by atomic mass is 10.2. The molecule has 0 saturated carbocycles. The highest BCUT2D eigenvalue weighted by molar-refractivity contribution is 6.31. The van der Waals surface area contributed by atoms with Crippen molar-refractivity contribution in [1.29, 1.82) is 0 Å². The Morgan fingerprint density at radius 2 is 1.76 bits per heavy atom. The van der Waals surface area contributed by atoms with Gasteiger partial charge in [-0.1, -0.05) is 23.7 Å². The standard InChI is InChI=1S/C24H27ClN4O5/c1-16-3-6-18(14-19(16)25)27-24(32)29-11-9-28(10-12-29)23(31)8-5-17-4-7-20(21(13-17)33-2)34-15-22(26)30/h3-8,13-14H,9-12,15H2,1-2H3,(H2,26,30)(H,27,32)/b8-5+. The van der Waals surface area contributed by atoms with Gasteiger partial charge in [0.05, 0.1) is 7.11 Å². The van der Waals surface area contributed by atoms with Crippen LogP contribution in [0.3, 0.4) is 0 Å². The maximum absolute atomic E-state index is 12.6. The number of methoxy groups -OCH3 is 1. The van der Waals surface area contributed by atoms with Crippen LogP contribution in [0.5, 0.6) is 11.5 Å². The summed E-state index contributed by atoms with van der Waals surface area (Å²) in [7, 11) is 1.48. The Balaban J connectivity index is 1.52. The summed E-state index contributed by atoms with van der Waals surface area (Å²) in [4.78, 5) is 39.4. The Morgan fingerprint density at radius 1 is 1.06 bits per heavy atom. The Hall–Kier alpha value is -3.72. The summed E-state index contributed by atoms with van der Waals surface area (Å²) in [6.07, 6.45) is 3.14. The number of nitrogens with two attached hydrogens (primary N) is 1. The summed E-state index contributed by atoms with van der Waals surface area (Å²) in [5, 5.41) is 3.43. The van der Waals surface area contributed by atoms with E-state index in [9.17, 15) is 14.4 Å². The number of anilines is 1. The zero-order valence-corrected chi connectivity index (χ0v) is 19.8. The third-order valence-electron chi connectivity index (χ3n) is 5.28. The highest BCUT2D eigenvalue weighted by Gasteiger charge is 2.23. The van der Waals surface area contributed by atoms with Gasteiger partial charge >= 0.3 is 6.03 Å². The highest BCUT2D eigenvalue weighted by Crippen LogP contribution is 2.28. The van der Waals surface area contributed by atoms with E-state index in [1.165, 1.54) is 13.2 Å². The number of benzene rings is 2. The molecule has 10 heteroatoms. The molecule has 3 rings (SSSR count). The predicted molar refractivity (Wildman–Crippen MR) is 130 cm³/mol. The Labute approximate surface area is 203 Å². The molecule has 0 spiro atoms. The number of urea groups is 1. The average Bonchev–Trinajstić information content (AvgIpc) is 2.83. The van der Waals surface area contributed by atoms with Crippen LogP contribution in [0.1, 0.15) is 11.1 Å². The molecular weight excluding hydrogens is 460 g/mol. The number of hydrogen-bond acceptors (Lipinski definition) is 5. The first-order valence-corrected chi connectivity index (χ1v) is 11.0. The number of primary amides is 1. The van der Waals surface area contributed by atoms with Crippen molar-refractivity contribution < 1.29 is 23.9 Å². The van der Waals surface area contributed by atoms with Gasteiger partial charge in [0.15, 0.2) is 18.1 Å². The summed E-state index contributed by atoms with van der Waals surface area (Å²) >= 11 is 6.12. The smallest absolute Gasteiger partial charge is 0.321 e. The number of halogens is 1. The molecule has 9 nitrogen and oxygen atoms in total. The summed E-state index contributed by atoms with van der Waals surface area (Å²) in [5.41, 5.74) is 7.39. The van der Waals surface area contributed by atoms with E-state index >= 15 is 0 Å². The van der Waals surface area contributed by atoms with Gasteiger partial charge in [-0.25, -0.2) is 4.79 Å². The van der Waals surface area contributed by atoms with Gasteiger partial charge < -0.3 is 30.3 Å². The van der Waals surface area contributed by atoms with Gasteiger partial charge in [-0.15, -0.1) is 0 Å². The van der Waals surface area contributed by atoms with Crippen LogP contribution in [-0.4, -0.2) is 67.5 Å². The number of piperazine rings is 1. The minimum atomic E-state index is -0.589. The van der Waals surface area contributed by atoms with Crippen LogP contribution in [0.15, 0.2) is 42.5 Å². The van der Waals surface area contributed by atoms with E-state index in [-0.39, 0.29) is 18.5 Å². The van der Waals surface area contributed by atoms with Crippen LogP contribution in [0, 0.1) is 6.92 Å². The van der Waals surface area contributed by atoms with E-state index in [1.807, 2.05) is 13.0 Å². The first kappa shape index (κ1) is 24.9. The van der Waals surface area contributed by atoms with Crippen molar-refractivity contribution in [2.75, 3.05) is 45.2 Å². The van der Waals surface area contributed by atoms with Crippen LogP contribution in [-0.2, 0) is 9.59 Å². The van der Waals surface area contributed by atoms with E-state index < -0.39 is 5.91 Å². The average molecular weight is 487 g/mol. The number of nitrogens with one attached hydrogen (secondary N) is 1. The van der Waals surface area contributed by atoms with Crippen LogP contribution in [0.2, 0.25) is 5.02 Å². The second-order valence-electron chi connectivity index (χ2n) is 7.71. The SMILES string of the molecule is COc1cc(/C=C/C(=O)N2CCN(C(=O)Nc3ccc(C)c(Cl)c3)CC2)ccc1OCC(N)=O. The molecule has 0 unspecified atom stereocenters. The van der Waals surface area contributed by atoms with Crippen molar-refractivity contribution in [1.82, 2.24) is 9.80 Å². The first-order chi connectivity index (χ1) is 16.3. The van der Waals surface area contributed by atoms with Gasteiger partial charge in [0.1, 0.15) is 0 Å². The number of nitrogens with zero attached hydrogens (tertiary/aromatic N) is 2. The summed E-state index contributed by atoms with van der Waals surface area (Å²) < 4.78 is 10.6. The summed E-state index contributed by atoms with van der Waals surface area (Å²) in [6, 6.07) is 10.2. The second-order valence-corrected chi connectivity index (χ2v) is 8.11. The molecule has 34 heavy (non-hydrogen) atoms. The topological polar surface area (TPSA) is 114 Å². The number of aryl methyl sites for hydroxylation is 1. The Bertz CT molecular complexity index is 1100. The molecule has 0 aliphatic carbocycles. The number of ether oxygens (including phenoxy) is 2. The molecular formula is C24H27ClN4O5. The predicted octanol–water partition coefficient (Wildman–Crippen LogP) is 2.91. The number of hydrogen-bond donors (Lipinski definition) is 2. The summed E-state index contributed by atoms with van der Waals surface area (Å²) in [5.74, 6) is 0.0598. The maximum Gasteiger partial charge on any atom is 0.321 e. The zero-order chi connectivity index (χ0) is 24.7. The number of amides is 4. The summed E-state index contributed by atoms with van der Waals surface area (Å²) in [6.45, 7) is 3.33. The third kappa shape index (κ3) is 6.64. The molecule has 1 saturated heterocycles. The number of rotatable bonds is 7. The van der Waals surface area contributed by atoms with Crippen LogP contribution >= 0.6 is 11.6 Å². The van der Waals surface area contributed by atoms with E-state index in [0.717, 1.165) is 11.1 Å². The van der Waals surface area contributed by atoms with Gasteiger partial charge in [-0.2, -0.15) is 0 Å². The van der Waals surface area contributed by atoms with E-state index in [2.05, 4.69) is 5.32 Å². The molecule has 180 valence electrons. The van der Waals surface area contributed by atoms with Crippen LogP contribution in [0.4, 0.5) is 10.5 Å². The minimum absolute atomic E-state index is 0.154. The molecule has 0 radical (unpaired) electrons. The molecule has 2 aromatic rings. The molecule has 1 fully saturated rings. The van der Waals surface area contributed by atoms with Gasteiger partial charge in [-0.05, 0) is 48.4 Å². The number of carbonyl (C=O) groups excluding carboxylic acids is 3. The largest absolute Gasteiger partial charge is 0.493 e. The van der Waals surface area contributed by atoms with E-state index in [1.54, 1.807) is 46.2 Å². The highest BCUT2D eigenvalue weighted by atomic mass is 35.5.